The molecule has 0 radical (unpaired) electrons. The zero-order chi connectivity index (χ0) is 4.83. The van der Waals surface area contributed by atoms with E-state index in [-0.39, 0.29) is 58.8 Å². The number of hydrogen-bond donors (Lipinski definition) is 2. The standard InChI is InChI=1S/C3H7N2O.Ar.W/c4-1-2-5-3-6;;/h1-2,4H2,(H,5,6);;/q-1;;. The Morgan fingerprint density at radius 3 is 2.25 bits per heavy atom. The third kappa shape index (κ3) is 15.7. The van der Waals surface area contributed by atoms with Gasteiger partial charge < -0.3 is 15.8 Å². The molecule has 5 heteroatoms. The topological polar surface area (TPSA) is 55.1 Å². The van der Waals surface area contributed by atoms with E-state index in [1.807, 2.05) is 0 Å². The fraction of sp³-hybridized carbons (Fsp3) is 0.667. The van der Waals surface area contributed by atoms with E-state index in [9.17, 15) is 4.79 Å². The molecule has 3 N–H and O–H groups in total. The van der Waals surface area contributed by atoms with Crippen molar-refractivity contribution in [3.63, 3.8) is 0 Å². The first-order chi connectivity index (χ1) is 2.91. The summed E-state index contributed by atoms with van der Waals surface area (Å²) in [5.74, 6) is 0. The van der Waals surface area contributed by atoms with Crippen LogP contribution in [0.3, 0.4) is 0 Å². The fourth-order valence-electron chi connectivity index (χ4n) is 0.123. The van der Waals surface area contributed by atoms with E-state index in [4.69, 9.17) is 5.73 Å². The van der Waals surface area contributed by atoms with Crippen molar-refractivity contribution in [2.75, 3.05) is 13.1 Å². The molecule has 0 aliphatic heterocycles. The van der Waals surface area contributed by atoms with Crippen LogP contribution in [0.25, 0.3) is 0 Å². The number of nitrogens with two attached hydrogens (primary N) is 1. The summed E-state index contributed by atoms with van der Waals surface area (Å²) in [6.45, 7) is 0.999. The SMILES string of the molecule is NCCN[C-]=O.[Ar].[W]. The Morgan fingerprint density at radius 1 is 1.62 bits per heavy atom. The van der Waals surface area contributed by atoms with Crippen LogP contribution in [0.4, 0.5) is 0 Å². The summed E-state index contributed by atoms with van der Waals surface area (Å²) in [5, 5.41) is 2.27. The van der Waals surface area contributed by atoms with Gasteiger partial charge in [-0.15, -0.1) is 0 Å². The van der Waals surface area contributed by atoms with Crippen LogP contribution in [-0.4, -0.2) is 19.5 Å². The molecule has 0 heterocycles. The number of carbonyl (C=O) groups excluding carboxylic acids is 1. The minimum atomic E-state index is 0. The zero-order valence-electron chi connectivity index (χ0n) is 4.16. The van der Waals surface area contributed by atoms with Gasteiger partial charge in [0.1, 0.15) is 0 Å². The van der Waals surface area contributed by atoms with E-state index in [0.29, 0.717) is 13.1 Å². The first-order valence-corrected chi connectivity index (χ1v) is 1.72. The van der Waals surface area contributed by atoms with Gasteiger partial charge in [-0.2, -0.15) is 6.41 Å². The molecule has 0 rings (SSSR count). The number of nitrogens with one attached hydrogen (secondary N) is 1. The molecule has 0 bridgehead atoms. The third-order valence-corrected chi connectivity index (χ3v) is 0.342. The monoisotopic (exact) mass is 311 g/mol. The van der Waals surface area contributed by atoms with Crippen molar-refractivity contribution in [1.29, 1.82) is 0 Å². The van der Waals surface area contributed by atoms with Gasteiger partial charge in [0.2, 0.25) is 0 Å². The second kappa shape index (κ2) is 15.8. The van der Waals surface area contributed by atoms with E-state index in [0.717, 1.165) is 0 Å². The molecule has 0 aromatic rings. The second-order valence-electron chi connectivity index (χ2n) is 0.818. The molecule has 0 unspecified atom stereocenters. The van der Waals surface area contributed by atoms with Crippen LogP contribution in [0.5, 0.6) is 0 Å². The van der Waals surface area contributed by atoms with Crippen molar-refractivity contribution in [2.24, 2.45) is 5.73 Å². The maximum atomic E-state index is 9.27. The molecular formula is C3H7ArN2OW-. The molecular weight excluding hydrogens is 304 g/mol. The van der Waals surface area contributed by atoms with E-state index >= 15 is 0 Å². The average Bonchev–Trinajstić information content (AvgIpc) is 1.61. The Bertz CT molecular complexity index is 46.3. The van der Waals surface area contributed by atoms with Crippen molar-refractivity contribution >= 4 is 6.41 Å². The molecule has 0 spiro atoms. The van der Waals surface area contributed by atoms with Crippen LogP contribution < -0.4 is 11.1 Å². The molecule has 50 valence electrons. The van der Waals surface area contributed by atoms with Gasteiger partial charge in [-0.05, 0) is 6.54 Å². The first kappa shape index (κ1) is 16.2. The van der Waals surface area contributed by atoms with E-state index in [2.05, 4.69) is 5.32 Å². The summed E-state index contributed by atoms with van der Waals surface area (Å²) >= 11 is 0. The van der Waals surface area contributed by atoms with E-state index in [1.165, 1.54) is 6.41 Å². The zero-order valence-corrected chi connectivity index (χ0v) is 7.80. The largest absolute Gasteiger partial charge is 0.529 e. The van der Waals surface area contributed by atoms with Gasteiger partial charge in [0.05, 0.1) is 0 Å². The van der Waals surface area contributed by atoms with Crippen LogP contribution >= 0.6 is 0 Å². The van der Waals surface area contributed by atoms with Gasteiger partial charge >= 0.3 is 0 Å². The van der Waals surface area contributed by atoms with Crippen LogP contribution in [0, 0.1) is 37.7 Å². The fourth-order valence-corrected chi connectivity index (χ4v) is 0.123. The van der Waals surface area contributed by atoms with Gasteiger partial charge in [0.15, 0.2) is 0 Å². The summed E-state index contributed by atoms with van der Waals surface area (Å²) in [5.41, 5.74) is 4.97. The van der Waals surface area contributed by atoms with Gasteiger partial charge in [-0.1, -0.05) is 0 Å². The summed E-state index contributed by atoms with van der Waals surface area (Å²) in [6, 6.07) is 0. The Balaban J connectivity index is -0.000000125. The van der Waals surface area contributed by atoms with Crippen molar-refractivity contribution in [3.8, 4) is 0 Å². The summed E-state index contributed by atoms with van der Waals surface area (Å²) in [7, 11) is 0. The maximum absolute atomic E-state index is 9.27. The average molecular weight is 311 g/mol. The predicted molar refractivity (Wildman–Crippen MR) is 22.8 cm³/mol. The molecule has 1 amide bonds. The van der Waals surface area contributed by atoms with Gasteiger partial charge in [-0.25, -0.2) is 0 Å². The molecule has 3 nitrogen and oxygen atoms in total. The van der Waals surface area contributed by atoms with Crippen LogP contribution in [0.15, 0.2) is 0 Å². The molecule has 0 saturated carbocycles. The molecule has 0 aromatic carbocycles. The quantitative estimate of drug-likeness (QED) is 0.383. The van der Waals surface area contributed by atoms with Crippen molar-refractivity contribution < 1.29 is 63.6 Å². The Hall–Kier alpha value is 1.38. The third-order valence-electron chi connectivity index (χ3n) is 0.342. The van der Waals surface area contributed by atoms with Crippen molar-refractivity contribution in [3.05, 3.63) is 0 Å². The minimum absolute atomic E-state index is 0. The van der Waals surface area contributed by atoms with Crippen LogP contribution in [0.1, 0.15) is 0 Å². The van der Waals surface area contributed by atoms with Crippen LogP contribution in [-0.2, 0) is 25.9 Å². The van der Waals surface area contributed by atoms with Gasteiger partial charge in [0.25, 0.3) is 0 Å². The van der Waals surface area contributed by atoms with Crippen molar-refractivity contribution in [2.45, 2.75) is 0 Å². The minimum Gasteiger partial charge on any atom is -0.529 e. The molecule has 0 aromatic heterocycles. The summed E-state index contributed by atoms with van der Waals surface area (Å²) < 4.78 is 0. The Labute approximate surface area is 93.0 Å². The summed E-state index contributed by atoms with van der Waals surface area (Å²) in [6.07, 6.45) is 1.49. The molecule has 0 fully saturated rings. The Morgan fingerprint density at radius 2 is 2.12 bits per heavy atom. The number of amides is 1. The normalized spacial score (nSPS) is 5.62. The van der Waals surface area contributed by atoms with Crippen LogP contribution in [0.2, 0.25) is 0 Å². The van der Waals surface area contributed by atoms with Gasteiger partial charge in [-0.3, -0.25) is 0 Å². The molecule has 0 aliphatic carbocycles. The molecule has 0 atom stereocenters. The number of rotatable bonds is 3. The van der Waals surface area contributed by atoms with Crippen molar-refractivity contribution in [1.82, 2.24) is 5.32 Å². The first-order valence-electron chi connectivity index (χ1n) is 1.72. The molecule has 0 saturated heterocycles. The predicted octanol–water partition coefficient (Wildman–Crippen LogP) is -1.40. The maximum Gasteiger partial charge on any atom is 0.00720 e. The van der Waals surface area contributed by atoms with E-state index < -0.39 is 0 Å². The number of hydrogen-bond acceptors (Lipinski definition) is 2. The van der Waals surface area contributed by atoms with Gasteiger partial charge in [0, 0.05) is 65.3 Å². The van der Waals surface area contributed by atoms with E-state index in [1.54, 1.807) is 0 Å². The Kier molecular flexibility index (Phi) is 31.9. The molecule has 0 aliphatic rings. The smallest absolute Gasteiger partial charge is 0.00720 e. The molecule has 8 heavy (non-hydrogen) atoms. The summed E-state index contributed by atoms with van der Waals surface area (Å²) in [4.78, 5) is 9.27. The second-order valence-corrected chi connectivity index (χ2v) is 0.818.